The van der Waals surface area contributed by atoms with Crippen molar-refractivity contribution < 1.29 is 9.72 Å². The summed E-state index contributed by atoms with van der Waals surface area (Å²) < 4.78 is 1.28. The van der Waals surface area contributed by atoms with Gasteiger partial charge in [-0.1, -0.05) is 6.07 Å². The van der Waals surface area contributed by atoms with Crippen molar-refractivity contribution in [2.45, 2.75) is 13.1 Å². The van der Waals surface area contributed by atoms with Gasteiger partial charge < -0.3 is 5.32 Å². The molecule has 0 spiro atoms. The molecular formula is C15H13N5O3S. The molecule has 24 heavy (non-hydrogen) atoms. The second kappa shape index (κ2) is 7.01. The maximum absolute atomic E-state index is 12.0. The minimum absolute atomic E-state index is 0.0860. The summed E-state index contributed by atoms with van der Waals surface area (Å²) in [4.78, 5) is 27.6. The summed E-state index contributed by atoms with van der Waals surface area (Å²) in [7, 11) is 0. The van der Waals surface area contributed by atoms with Gasteiger partial charge in [0.05, 0.1) is 11.5 Å². The molecule has 0 radical (unpaired) electrons. The molecule has 122 valence electrons. The predicted molar refractivity (Wildman–Crippen MR) is 88.3 cm³/mol. The summed E-state index contributed by atoms with van der Waals surface area (Å²) in [6.07, 6.45) is 4.33. The summed E-state index contributed by atoms with van der Waals surface area (Å²) in [6.45, 7) is 0.342. The lowest BCUT2D eigenvalue weighted by Gasteiger charge is -2.03. The van der Waals surface area contributed by atoms with Crippen LogP contribution < -0.4 is 5.32 Å². The normalized spacial score (nSPS) is 10.5. The Kier molecular flexibility index (Phi) is 4.62. The van der Waals surface area contributed by atoms with Gasteiger partial charge in [-0.05, 0) is 23.6 Å². The van der Waals surface area contributed by atoms with Gasteiger partial charge in [0.1, 0.15) is 12.7 Å². The molecule has 3 aromatic heterocycles. The highest BCUT2D eigenvalue weighted by atomic mass is 32.1. The fourth-order valence-corrected chi connectivity index (χ4v) is 2.79. The van der Waals surface area contributed by atoms with Gasteiger partial charge in [0, 0.05) is 22.8 Å². The van der Waals surface area contributed by atoms with Crippen molar-refractivity contribution >= 4 is 22.9 Å². The van der Waals surface area contributed by atoms with Gasteiger partial charge in [-0.25, -0.2) is 0 Å². The molecule has 0 fully saturated rings. The van der Waals surface area contributed by atoms with Crippen molar-refractivity contribution in [3.8, 4) is 11.3 Å². The van der Waals surface area contributed by atoms with E-state index in [1.807, 2.05) is 17.5 Å². The summed E-state index contributed by atoms with van der Waals surface area (Å²) in [5.41, 5.74) is 0.648. The van der Waals surface area contributed by atoms with E-state index in [4.69, 9.17) is 0 Å². The van der Waals surface area contributed by atoms with Crippen molar-refractivity contribution in [1.29, 1.82) is 0 Å². The van der Waals surface area contributed by atoms with Crippen molar-refractivity contribution in [1.82, 2.24) is 20.1 Å². The number of nitrogens with one attached hydrogen (secondary N) is 1. The number of nitrogens with zero attached hydrogens (tertiary/aromatic N) is 4. The quantitative estimate of drug-likeness (QED) is 0.546. The first-order valence-corrected chi connectivity index (χ1v) is 7.93. The highest BCUT2D eigenvalue weighted by Gasteiger charge is 2.21. The van der Waals surface area contributed by atoms with E-state index in [9.17, 15) is 14.9 Å². The third kappa shape index (κ3) is 3.63. The van der Waals surface area contributed by atoms with E-state index in [0.717, 1.165) is 4.88 Å². The van der Waals surface area contributed by atoms with E-state index in [2.05, 4.69) is 15.4 Å². The van der Waals surface area contributed by atoms with Crippen LogP contribution in [0.3, 0.4) is 0 Å². The molecule has 8 nitrogen and oxygen atoms in total. The van der Waals surface area contributed by atoms with E-state index in [-0.39, 0.29) is 23.8 Å². The highest BCUT2D eigenvalue weighted by molar-refractivity contribution is 7.09. The Bertz CT molecular complexity index is 845. The Morgan fingerprint density at radius 3 is 2.79 bits per heavy atom. The molecule has 1 amide bonds. The Morgan fingerprint density at radius 2 is 2.12 bits per heavy atom. The van der Waals surface area contributed by atoms with Gasteiger partial charge in [-0.15, -0.1) is 11.3 Å². The van der Waals surface area contributed by atoms with E-state index in [0.29, 0.717) is 12.1 Å². The predicted octanol–water partition coefficient (Wildman–Crippen LogP) is 2.23. The molecule has 9 heteroatoms. The van der Waals surface area contributed by atoms with Crippen LogP contribution in [0.4, 0.5) is 5.69 Å². The minimum atomic E-state index is -0.511. The van der Waals surface area contributed by atoms with Crippen molar-refractivity contribution in [3.05, 3.63) is 63.2 Å². The van der Waals surface area contributed by atoms with E-state index >= 15 is 0 Å². The Labute approximate surface area is 140 Å². The first kappa shape index (κ1) is 15.8. The second-order valence-corrected chi connectivity index (χ2v) is 5.94. The number of aromatic nitrogens is 3. The van der Waals surface area contributed by atoms with Gasteiger partial charge in [-0.2, -0.15) is 5.10 Å². The van der Waals surface area contributed by atoms with E-state index in [1.165, 1.54) is 23.3 Å². The highest BCUT2D eigenvalue weighted by Crippen LogP contribution is 2.27. The SMILES string of the molecule is O=C(Cn1cc([N+](=O)[O-])c(-c2ccncc2)n1)NCc1cccs1. The number of nitro groups is 1. The zero-order chi connectivity index (χ0) is 16.9. The van der Waals surface area contributed by atoms with Crippen LogP contribution in [0.25, 0.3) is 11.3 Å². The molecule has 0 aliphatic carbocycles. The first-order valence-electron chi connectivity index (χ1n) is 7.05. The summed E-state index contributed by atoms with van der Waals surface area (Å²) in [5.74, 6) is -0.262. The number of carbonyl (C=O) groups excluding carboxylic acids is 1. The average molecular weight is 343 g/mol. The number of hydrogen-bond donors (Lipinski definition) is 1. The number of hydrogen-bond acceptors (Lipinski definition) is 6. The smallest absolute Gasteiger partial charge is 0.314 e. The molecule has 3 heterocycles. The summed E-state index contributed by atoms with van der Waals surface area (Å²) in [6, 6.07) is 7.10. The topological polar surface area (TPSA) is 103 Å². The first-order chi connectivity index (χ1) is 11.6. The minimum Gasteiger partial charge on any atom is -0.350 e. The van der Waals surface area contributed by atoms with E-state index < -0.39 is 4.92 Å². The number of pyridine rings is 1. The molecule has 0 aliphatic rings. The third-order valence-corrected chi connectivity index (χ3v) is 4.11. The summed E-state index contributed by atoms with van der Waals surface area (Å²) >= 11 is 1.55. The van der Waals surface area contributed by atoms with Crippen LogP contribution in [0.2, 0.25) is 0 Å². The molecule has 0 aliphatic heterocycles. The lowest BCUT2D eigenvalue weighted by atomic mass is 10.2. The Balaban J connectivity index is 1.74. The molecule has 0 saturated heterocycles. The van der Waals surface area contributed by atoms with Gasteiger partial charge >= 0.3 is 5.69 Å². The van der Waals surface area contributed by atoms with Crippen molar-refractivity contribution in [3.63, 3.8) is 0 Å². The molecule has 3 aromatic rings. The van der Waals surface area contributed by atoms with Gasteiger partial charge in [0.2, 0.25) is 5.91 Å². The number of amides is 1. The lowest BCUT2D eigenvalue weighted by Crippen LogP contribution is -2.27. The summed E-state index contributed by atoms with van der Waals surface area (Å²) in [5, 5.41) is 20.1. The monoisotopic (exact) mass is 343 g/mol. The second-order valence-electron chi connectivity index (χ2n) is 4.91. The fraction of sp³-hybridized carbons (Fsp3) is 0.133. The Hall–Kier alpha value is -3.07. The maximum Gasteiger partial charge on any atom is 0.314 e. The van der Waals surface area contributed by atoms with Crippen LogP contribution in [0, 0.1) is 10.1 Å². The van der Waals surface area contributed by atoms with Gasteiger partial charge in [0.25, 0.3) is 0 Å². The standard InChI is InChI=1S/C15H13N5O3S/c21-14(17-8-12-2-1-7-24-12)10-19-9-13(20(22)23)15(18-19)11-3-5-16-6-4-11/h1-7,9H,8,10H2,(H,17,21). The van der Waals surface area contributed by atoms with Crippen molar-refractivity contribution in [2.24, 2.45) is 0 Å². The number of thiophene rings is 1. The molecule has 0 saturated carbocycles. The molecule has 0 atom stereocenters. The van der Waals surface area contributed by atoms with Crippen LogP contribution in [0.5, 0.6) is 0 Å². The largest absolute Gasteiger partial charge is 0.350 e. The zero-order valence-corrected chi connectivity index (χ0v) is 13.3. The van der Waals surface area contributed by atoms with Crippen LogP contribution in [-0.2, 0) is 17.9 Å². The van der Waals surface area contributed by atoms with E-state index in [1.54, 1.807) is 23.5 Å². The molecule has 1 N–H and O–H groups in total. The number of carbonyl (C=O) groups is 1. The zero-order valence-electron chi connectivity index (χ0n) is 12.5. The molecule has 0 bridgehead atoms. The van der Waals surface area contributed by atoms with Crippen LogP contribution in [-0.4, -0.2) is 25.6 Å². The molecule has 0 aromatic carbocycles. The van der Waals surface area contributed by atoms with Crippen LogP contribution in [0.15, 0.2) is 48.2 Å². The molecule has 0 unspecified atom stereocenters. The van der Waals surface area contributed by atoms with Gasteiger partial charge in [-0.3, -0.25) is 24.6 Å². The number of rotatable bonds is 6. The van der Waals surface area contributed by atoms with Crippen molar-refractivity contribution in [2.75, 3.05) is 0 Å². The van der Waals surface area contributed by atoms with Crippen LogP contribution >= 0.6 is 11.3 Å². The Morgan fingerprint density at radius 1 is 1.33 bits per heavy atom. The maximum atomic E-state index is 12.0. The fourth-order valence-electron chi connectivity index (χ4n) is 2.14. The molecular weight excluding hydrogens is 330 g/mol. The van der Waals surface area contributed by atoms with Crippen LogP contribution in [0.1, 0.15) is 4.88 Å². The van der Waals surface area contributed by atoms with Gasteiger partial charge in [0.15, 0.2) is 5.69 Å². The lowest BCUT2D eigenvalue weighted by molar-refractivity contribution is -0.384. The third-order valence-electron chi connectivity index (χ3n) is 3.24. The molecule has 3 rings (SSSR count). The average Bonchev–Trinajstić information content (AvgIpc) is 3.23.